The third-order valence-corrected chi connectivity index (χ3v) is 18.2. The minimum absolute atomic E-state index is 0.0621. The zero-order valence-corrected chi connectivity index (χ0v) is 64.4. The van der Waals surface area contributed by atoms with Crippen LogP contribution in [0.2, 0.25) is 0 Å². The Morgan fingerprint density at radius 3 is 1.51 bits per heavy atom. The number of benzene rings is 1. The number of carbonyl (C=O) groups excluding carboxylic acids is 14. The van der Waals surface area contributed by atoms with E-state index in [0.717, 1.165) is 63.4 Å². The van der Waals surface area contributed by atoms with E-state index in [0.29, 0.717) is 70.0 Å². The monoisotopic (exact) mass is 1530 g/mol. The topological polar surface area (TPSA) is 578 Å². The molecule has 0 unspecified atom stereocenters. The van der Waals surface area contributed by atoms with Crippen molar-refractivity contribution in [1.82, 2.24) is 74.4 Å². The van der Waals surface area contributed by atoms with Gasteiger partial charge in [-0.05, 0) is 150 Å². The summed E-state index contributed by atoms with van der Waals surface area (Å²) in [5, 5.41) is 58.4. The van der Waals surface area contributed by atoms with Gasteiger partial charge < -0.3 is 113 Å². The summed E-state index contributed by atoms with van der Waals surface area (Å²) in [6.07, 6.45) is 7.54. The third-order valence-electron chi connectivity index (χ3n) is 18.2. The minimum Gasteiger partial charge on any atom is -0.391 e. The average molecular weight is 1530 g/mol. The summed E-state index contributed by atoms with van der Waals surface area (Å²) in [6.45, 7) is 9.21. The Kier molecular flexibility index (Phi) is 48.7. The molecule has 1 heterocycles. The van der Waals surface area contributed by atoms with Gasteiger partial charge in [-0.15, -0.1) is 0 Å². The van der Waals surface area contributed by atoms with E-state index in [-0.39, 0.29) is 95.9 Å². The van der Waals surface area contributed by atoms with Crippen molar-refractivity contribution in [1.29, 1.82) is 0 Å². The summed E-state index contributed by atoms with van der Waals surface area (Å²) in [5.74, 6) is -11.0. The van der Waals surface area contributed by atoms with Crippen molar-refractivity contribution in [2.75, 3.05) is 52.4 Å². The molecule has 14 amide bonds. The number of aliphatic hydroxyl groups is 2. The molecule has 2 rings (SSSR count). The van der Waals surface area contributed by atoms with Crippen molar-refractivity contribution in [3.05, 3.63) is 35.4 Å². The number of carbonyl (C=O) groups is 14. The standard InChI is InChI=1S/C73H129N19O16/c1-7-9-11-13-14-18-27-51-64(99)82-46(4)62(97)84-52(30-36-74)66(101)88-55(33-39-77)70(105)91-60(47(5)93)72(107)81-43-35-57(69(104)86-53(31-37-75)67(102)85-51)89-68(103)54(32-38-76)90-73(108)61(48(6)94)92-71(106)56(34-40-78)87-65(100)50(26-17-12-10-8-2)83-59(96)29-20-16-21-41-79-58(95)28-19-15-22-42-80-63(98)49-25-23-24-45(3)44-49/h23-25,44,46-48,50-57,60-61,93-94H,7-22,26-43,74-78H2,1-6H3,(H,79,95)(H,80,98)(H,81,107)(H,82,99)(H,83,96)(H,84,97)(H,85,102)(H,86,104)(H,87,100)(H,88,101)(H,89,103)(H,90,108)(H,91,105)(H,92,106)/t46-,47+,48+,50-,51+,52-,53-,54-,55-,56-,57-,60-,61-/m0/s1. The summed E-state index contributed by atoms with van der Waals surface area (Å²) >= 11 is 0. The summed E-state index contributed by atoms with van der Waals surface area (Å²) in [7, 11) is 0. The van der Waals surface area contributed by atoms with Gasteiger partial charge in [0.2, 0.25) is 76.8 Å². The molecule has 0 radical (unpaired) electrons. The second-order valence-corrected chi connectivity index (χ2v) is 27.7. The fourth-order valence-corrected chi connectivity index (χ4v) is 11.8. The maximum absolute atomic E-state index is 14.6. The Labute approximate surface area is 635 Å². The van der Waals surface area contributed by atoms with Crippen molar-refractivity contribution < 1.29 is 77.3 Å². The van der Waals surface area contributed by atoms with Crippen LogP contribution in [0.3, 0.4) is 0 Å². The summed E-state index contributed by atoms with van der Waals surface area (Å²) < 4.78 is 0. The molecule has 1 saturated heterocycles. The molecule has 1 fully saturated rings. The molecule has 35 nitrogen and oxygen atoms in total. The first-order chi connectivity index (χ1) is 51.6. The van der Waals surface area contributed by atoms with Crippen LogP contribution in [0, 0.1) is 6.92 Å². The molecular formula is C73H129N19O16. The molecule has 1 aromatic carbocycles. The number of nitrogens with two attached hydrogens (primary N) is 5. The predicted octanol–water partition coefficient (Wildman–Crippen LogP) is -2.94. The highest BCUT2D eigenvalue weighted by Crippen LogP contribution is 2.14. The molecule has 0 aromatic heterocycles. The average Bonchev–Trinajstić information content (AvgIpc) is 0.985. The summed E-state index contributed by atoms with van der Waals surface area (Å²) in [6, 6.07) is -8.91. The number of rotatable bonds is 46. The van der Waals surface area contributed by atoms with Crippen molar-refractivity contribution in [2.45, 2.75) is 287 Å². The van der Waals surface area contributed by atoms with E-state index in [1.807, 2.05) is 32.0 Å². The van der Waals surface area contributed by atoms with E-state index >= 15 is 0 Å². The van der Waals surface area contributed by atoms with Crippen molar-refractivity contribution >= 4 is 82.7 Å². The summed E-state index contributed by atoms with van der Waals surface area (Å²) in [4.78, 5) is 194. The molecule has 26 N–H and O–H groups in total. The molecule has 0 saturated carbocycles. The van der Waals surface area contributed by atoms with Crippen molar-refractivity contribution in [3.63, 3.8) is 0 Å². The first kappa shape index (κ1) is 95.6. The van der Waals surface area contributed by atoms with Gasteiger partial charge in [-0.2, -0.15) is 0 Å². The Morgan fingerprint density at radius 1 is 0.481 bits per heavy atom. The zero-order valence-electron chi connectivity index (χ0n) is 64.4. The van der Waals surface area contributed by atoms with Crippen LogP contribution in [0.1, 0.15) is 217 Å². The number of nitrogens with one attached hydrogen (secondary N) is 14. The molecule has 0 spiro atoms. The first-order valence-corrected chi connectivity index (χ1v) is 38.7. The SMILES string of the molecule is CCCCCCCC[C@H]1NC(=O)[C@H](CCN)NC(=O)[C@@H](NC(=O)[C@H](CCN)NC(=O)[C@@H](NC(=O)[C@H](CCN)NC(=O)[C@H](CCCCCC)NC(=O)CCCCCNC(=O)CCCCCNC(=O)c2cccc(C)c2)[C@@H](C)O)CCNC(=O)[C@H]([C@@H](C)O)NC(=O)[C@H](CCN)NC(=O)[C@H](CCN)NC(=O)[C@H](C)NC1=O. The van der Waals surface area contributed by atoms with Gasteiger partial charge in [0.05, 0.1) is 12.2 Å². The lowest BCUT2D eigenvalue weighted by atomic mass is 10.0. The predicted molar refractivity (Wildman–Crippen MR) is 406 cm³/mol. The second-order valence-electron chi connectivity index (χ2n) is 27.7. The Morgan fingerprint density at radius 2 is 0.954 bits per heavy atom. The Bertz CT molecular complexity index is 2980. The molecule has 13 atom stereocenters. The molecule has 108 heavy (non-hydrogen) atoms. The van der Waals surface area contributed by atoms with Gasteiger partial charge in [0, 0.05) is 38.0 Å². The van der Waals surface area contributed by atoms with Crippen LogP contribution < -0.4 is 103 Å². The first-order valence-electron chi connectivity index (χ1n) is 38.7. The maximum atomic E-state index is 14.6. The van der Waals surface area contributed by atoms with Crippen LogP contribution >= 0.6 is 0 Å². The van der Waals surface area contributed by atoms with Gasteiger partial charge in [-0.25, -0.2) is 0 Å². The van der Waals surface area contributed by atoms with Crippen LogP contribution in [-0.2, 0) is 62.3 Å². The van der Waals surface area contributed by atoms with E-state index in [9.17, 15) is 77.3 Å². The van der Waals surface area contributed by atoms with Gasteiger partial charge in [0.15, 0.2) is 0 Å². The van der Waals surface area contributed by atoms with E-state index < -0.39 is 163 Å². The third kappa shape index (κ3) is 38.1. The normalized spacial score (nSPS) is 20.3. The van der Waals surface area contributed by atoms with Crippen LogP contribution in [-0.4, -0.2) is 224 Å². The molecule has 1 aromatic rings. The quantitative estimate of drug-likeness (QED) is 0.0290. The molecule has 35 heteroatoms. The van der Waals surface area contributed by atoms with Crippen molar-refractivity contribution in [3.8, 4) is 0 Å². The van der Waals surface area contributed by atoms with Crippen molar-refractivity contribution in [2.24, 2.45) is 28.7 Å². The molecule has 0 bridgehead atoms. The van der Waals surface area contributed by atoms with Crippen LogP contribution in [0.5, 0.6) is 0 Å². The Balaban J connectivity index is 2.38. The van der Waals surface area contributed by atoms with Crippen LogP contribution in [0.25, 0.3) is 0 Å². The summed E-state index contributed by atoms with van der Waals surface area (Å²) in [5.41, 5.74) is 31.1. The number of hydrogen-bond acceptors (Lipinski definition) is 21. The van der Waals surface area contributed by atoms with Gasteiger partial charge >= 0.3 is 0 Å². The molecule has 1 aliphatic heterocycles. The van der Waals surface area contributed by atoms with Gasteiger partial charge in [0.25, 0.3) is 5.91 Å². The van der Waals surface area contributed by atoms with Gasteiger partial charge in [-0.3, -0.25) is 67.1 Å². The fourth-order valence-electron chi connectivity index (χ4n) is 11.8. The number of aryl methyl sites for hydroxylation is 1. The second kappa shape index (κ2) is 55.0. The largest absolute Gasteiger partial charge is 0.391 e. The van der Waals surface area contributed by atoms with Crippen LogP contribution in [0.15, 0.2) is 24.3 Å². The maximum Gasteiger partial charge on any atom is 0.251 e. The molecule has 1 aliphatic rings. The van der Waals surface area contributed by atoms with Gasteiger partial charge in [-0.1, -0.05) is 109 Å². The molecule has 612 valence electrons. The number of unbranched alkanes of at least 4 members (excludes halogenated alkanes) is 12. The smallest absolute Gasteiger partial charge is 0.251 e. The van der Waals surface area contributed by atoms with E-state index in [4.69, 9.17) is 28.7 Å². The fraction of sp³-hybridized carbons (Fsp3) is 0.726. The number of aliphatic hydroxyl groups excluding tert-OH is 2. The number of hydrogen-bond donors (Lipinski definition) is 21. The lowest BCUT2D eigenvalue weighted by Crippen LogP contribution is -2.62. The number of amides is 14. The molecular weight excluding hydrogens is 1400 g/mol. The highest BCUT2D eigenvalue weighted by atomic mass is 16.3. The minimum atomic E-state index is -1.82. The van der Waals surface area contributed by atoms with E-state index in [1.54, 1.807) is 6.07 Å². The van der Waals surface area contributed by atoms with Gasteiger partial charge in [0.1, 0.15) is 66.5 Å². The highest BCUT2D eigenvalue weighted by Gasteiger charge is 2.38. The lowest BCUT2D eigenvalue weighted by Gasteiger charge is -2.29. The van der Waals surface area contributed by atoms with E-state index in [1.165, 1.54) is 20.8 Å². The molecule has 0 aliphatic carbocycles. The Hall–Kier alpha value is -8.48. The van der Waals surface area contributed by atoms with E-state index in [2.05, 4.69) is 81.4 Å². The lowest BCUT2D eigenvalue weighted by molar-refractivity contribution is -0.137. The zero-order chi connectivity index (χ0) is 80.5. The van der Waals surface area contributed by atoms with Crippen LogP contribution in [0.4, 0.5) is 0 Å². The highest BCUT2D eigenvalue weighted by molar-refractivity contribution is 6.00.